The first-order valence-electron chi connectivity index (χ1n) is 6.60. The first-order chi connectivity index (χ1) is 9.69. The highest BCUT2D eigenvalue weighted by Crippen LogP contribution is 2.24. The molecule has 0 saturated heterocycles. The fourth-order valence-corrected chi connectivity index (χ4v) is 2.62. The van der Waals surface area contributed by atoms with E-state index in [4.69, 9.17) is 0 Å². The zero-order valence-corrected chi connectivity index (χ0v) is 11.6. The van der Waals surface area contributed by atoms with Crippen molar-refractivity contribution in [3.05, 3.63) is 65.0 Å². The molecular formula is C17H15N3. The summed E-state index contributed by atoms with van der Waals surface area (Å²) in [5, 5.41) is 10.3. The van der Waals surface area contributed by atoms with E-state index >= 15 is 0 Å². The maximum Gasteiger partial charge on any atom is 0.142 e. The van der Waals surface area contributed by atoms with Gasteiger partial charge in [0, 0.05) is 23.8 Å². The van der Waals surface area contributed by atoms with Crippen molar-refractivity contribution in [2.75, 3.05) is 0 Å². The molecule has 1 aromatic carbocycles. The van der Waals surface area contributed by atoms with Crippen molar-refractivity contribution in [2.45, 2.75) is 20.4 Å². The largest absolute Gasteiger partial charge is 0.327 e. The van der Waals surface area contributed by atoms with Crippen LogP contribution in [0.5, 0.6) is 0 Å². The molecule has 0 saturated carbocycles. The maximum absolute atomic E-state index is 9.32. The van der Waals surface area contributed by atoms with Crippen molar-refractivity contribution in [1.82, 2.24) is 9.55 Å². The molecular weight excluding hydrogens is 246 g/mol. The zero-order chi connectivity index (χ0) is 14.1. The molecule has 0 N–H and O–H groups in total. The number of hydrogen-bond acceptors (Lipinski definition) is 2. The van der Waals surface area contributed by atoms with E-state index in [2.05, 4.69) is 27.8 Å². The monoisotopic (exact) mass is 261 g/mol. The van der Waals surface area contributed by atoms with Crippen LogP contribution in [0.3, 0.4) is 0 Å². The molecule has 98 valence electrons. The third-order valence-electron chi connectivity index (χ3n) is 3.47. The summed E-state index contributed by atoms with van der Waals surface area (Å²) in [6.45, 7) is 4.75. The molecule has 0 amide bonds. The maximum atomic E-state index is 9.32. The standard InChI is InChI=1S/C17H15N3/c1-12-8-13(2)19-17-16(12)15(9-18)11-20(17)10-14-6-4-3-5-7-14/h3-8,11H,10H2,1-2H3. The van der Waals surface area contributed by atoms with Crippen molar-refractivity contribution in [1.29, 1.82) is 5.26 Å². The van der Waals surface area contributed by atoms with E-state index in [-0.39, 0.29) is 0 Å². The van der Waals surface area contributed by atoms with Crippen LogP contribution in [0.4, 0.5) is 0 Å². The number of aryl methyl sites for hydroxylation is 2. The Morgan fingerprint density at radius 2 is 1.95 bits per heavy atom. The molecule has 3 aromatic rings. The molecule has 0 aliphatic rings. The van der Waals surface area contributed by atoms with Gasteiger partial charge in [-0.2, -0.15) is 5.26 Å². The van der Waals surface area contributed by atoms with Gasteiger partial charge in [0.15, 0.2) is 0 Å². The fraction of sp³-hybridized carbons (Fsp3) is 0.176. The van der Waals surface area contributed by atoms with Crippen molar-refractivity contribution in [2.24, 2.45) is 0 Å². The number of aromatic nitrogens is 2. The second-order valence-corrected chi connectivity index (χ2v) is 5.05. The Hall–Kier alpha value is -2.60. The summed E-state index contributed by atoms with van der Waals surface area (Å²) in [5.41, 5.74) is 4.88. The lowest BCUT2D eigenvalue weighted by atomic mass is 10.1. The predicted molar refractivity (Wildman–Crippen MR) is 79.5 cm³/mol. The van der Waals surface area contributed by atoms with Gasteiger partial charge < -0.3 is 4.57 Å². The minimum Gasteiger partial charge on any atom is -0.327 e. The number of benzene rings is 1. The van der Waals surface area contributed by atoms with Crippen LogP contribution in [-0.4, -0.2) is 9.55 Å². The third kappa shape index (κ3) is 2.06. The van der Waals surface area contributed by atoms with Crippen molar-refractivity contribution < 1.29 is 0 Å². The summed E-state index contributed by atoms with van der Waals surface area (Å²) in [4.78, 5) is 4.61. The quantitative estimate of drug-likeness (QED) is 0.707. The summed E-state index contributed by atoms with van der Waals surface area (Å²) >= 11 is 0. The topological polar surface area (TPSA) is 41.6 Å². The molecule has 0 radical (unpaired) electrons. The van der Waals surface area contributed by atoms with Gasteiger partial charge in [-0.05, 0) is 31.0 Å². The highest BCUT2D eigenvalue weighted by Gasteiger charge is 2.12. The lowest BCUT2D eigenvalue weighted by molar-refractivity contribution is 0.822. The predicted octanol–water partition coefficient (Wildman–Crippen LogP) is 3.57. The molecule has 3 nitrogen and oxygen atoms in total. The number of nitriles is 1. The number of nitrogens with zero attached hydrogens (tertiary/aromatic N) is 3. The zero-order valence-electron chi connectivity index (χ0n) is 11.6. The van der Waals surface area contributed by atoms with Gasteiger partial charge in [0.05, 0.1) is 5.56 Å². The summed E-state index contributed by atoms with van der Waals surface area (Å²) in [6, 6.07) is 14.5. The average Bonchev–Trinajstić information content (AvgIpc) is 2.78. The smallest absolute Gasteiger partial charge is 0.142 e. The van der Waals surface area contributed by atoms with Gasteiger partial charge in [-0.3, -0.25) is 0 Å². The molecule has 0 atom stereocenters. The van der Waals surface area contributed by atoms with Gasteiger partial charge in [0.25, 0.3) is 0 Å². The molecule has 3 rings (SSSR count). The van der Waals surface area contributed by atoms with Crippen molar-refractivity contribution in [3.63, 3.8) is 0 Å². The van der Waals surface area contributed by atoms with E-state index in [1.807, 2.05) is 44.3 Å². The minimum atomic E-state index is 0.695. The Kier molecular flexibility index (Phi) is 3.00. The lowest BCUT2D eigenvalue weighted by Crippen LogP contribution is -2.00. The molecule has 0 aliphatic carbocycles. The van der Waals surface area contributed by atoms with E-state index in [1.54, 1.807) is 0 Å². The van der Waals surface area contributed by atoms with Gasteiger partial charge in [-0.25, -0.2) is 4.98 Å². The van der Waals surface area contributed by atoms with E-state index in [0.717, 1.165) is 28.8 Å². The SMILES string of the molecule is Cc1cc(C)c2c(C#N)cn(Cc3ccccc3)c2n1. The van der Waals surface area contributed by atoms with Crippen molar-refractivity contribution in [3.8, 4) is 6.07 Å². The molecule has 0 unspecified atom stereocenters. The van der Waals surface area contributed by atoms with Gasteiger partial charge >= 0.3 is 0 Å². The summed E-state index contributed by atoms with van der Waals surface area (Å²) in [6.07, 6.45) is 1.90. The fourth-order valence-electron chi connectivity index (χ4n) is 2.62. The second kappa shape index (κ2) is 4.82. The van der Waals surface area contributed by atoms with Crippen LogP contribution in [0.15, 0.2) is 42.6 Å². The average molecular weight is 261 g/mol. The van der Waals surface area contributed by atoms with Crippen LogP contribution in [-0.2, 0) is 6.54 Å². The van der Waals surface area contributed by atoms with E-state index < -0.39 is 0 Å². The lowest BCUT2D eigenvalue weighted by Gasteiger charge is -2.06. The van der Waals surface area contributed by atoms with Crippen LogP contribution >= 0.6 is 0 Å². The van der Waals surface area contributed by atoms with Crippen molar-refractivity contribution >= 4 is 11.0 Å². The minimum absolute atomic E-state index is 0.695. The highest BCUT2D eigenvalue weighted by atomic mass is 15.0. The first-order valence-corrected chi connectivity index (χ1v) is 6.60. The first kappa shape index (κ1) is 12.4. The number of rotatable bonds is 2. The molecule has 2 aromatic heterocycles. The van der Waals surface area contributed by atoms with Crippen LogP contribution in [0.25, 0.3) is 11.0 Å². The Morgan fingerprint density at radius 1 is 1.20 bits per heavy atom. The number of pyridine rings is 1. The highest BCUT2D eigenvalue weighted by molar-refractivity contribution is 5.86. The van der Waals surface area contributed by atoms with Gasteiger partial charge in [0.1, 0.15) is 11.7 Å². The Bertz CT molecular complexity index is 808. The molecule has 0 aliphatic heterocycles. The summed E-state index contributed by atoms with van der Waals surface area (Å²) < 4.78 is 2.06. The Balaban J connectivity index is 2.19. The van der Waals surface area contributed by atoms with Crippen LogP contribution in [0.1, 0.15) is 22.4 Å². The van der Waals surface area contributed by atoms with Crippen LogP contribution in [0, 0.1) is 25.2 Å². The molecule has 2 heterocycles. The Morgan fingerprint density at radius 3 is 2.65 bits per heavy atom. The van der Waals surface area contributed by atoms with Gasteiger partial charge in [-0.1, -0.05) is 30.3 Å². The van der Waals surface area contributed by atoms with E-state index in [0.29, 0.717) is 5.56 Å². The number of hydrogen-bond donors (Lipinski definition) is 0. The van der Waals surface area contributed by atoms with Gasteiger partial charge in [0.2, 0.25) is 0 Å². The molecule has 0 fully saturated rings. The number of fused-ring (bicyclic) bond motifs is 1. The van der Waals surface area contributed by atoms with Crippen LogP contribution < -0.4 is 0 Å². The molecule has 0 spiro atoms. The van der Waals surface area contributed by atoms with Crippen LogP contribution in [0.2, 0.25) is 0 Å². The molecule has 3 heteroatoms. The van der Waals surface area contributed by atoms with E-state index in [1.165, 1.54) is 5.56 Å². The molecule has 0 bridgehead atoms. The van der Waals surface area contributed by atoms with E-state index in [9.17, 15) is 5.26 Å². The summed E-state index contributed by atoms with van der Waals surface area (Å²) in [5.74, 6) is 0. The molecule has 20 heavy (non-hydrogen) atoms. The van der Waals surface area contributed by atoms with Gasteiger partial charge in [-0.15, -0.1) is 0 Å². The second-order valence-electron chi connectivity index (χ2n) is 5.05. The normalized spacial score (nSPS) is 10.7. The third-order valence-corrected chi connectivity index (χ3v) is 3.47. The Labute approximate surface area is 118 Å². The summed E-state index contributed by atoms with van der Waals surface area (Å²) in [7, 11) is 0.